The zero-order valence-electron chi connectivity index (χ0n) is 12.4. The van der Waals surface area contributed by atoms with Crippen molar-refractivity contribution in [3.05, 3.63) is 63.2 Å². The molecule has 6 nitrogen and oxygen atoms in total. The Kier molecular flexibility index (Phi) is 5.54. The Morgan fingerprint density at radius 1 is 1.30 bits per heavy atom. The predicted octanol–water partition coefficient (Wildman–Crippen LogP) is 4.29. The Balaban J connectivity index is 2.23. The van der Waals surface area contributed by atoms with E-state index in [1.54, 1.807) is 24.3 Å². The Hall–Kier alpha value is -2.60. The van der Waals surface area contributed by atoms with E-state index in [-0.39, 0.29) is 16.3 Å². The average Bonchev–Trinajstić information content (AvgIpc) is 2.54. The van der Waals surface area contributed by atoms with Crippen molar-refractivity contribution in [3.8, 4) is 5.75 Å². The molecule has 1 amide bonds. The number of nitro groups is 1. The summed E-state index contributed by atoms with van der Waals surface area (Å²) in [6.45, 7) is 2.51. The molecular weight excluding hydrogens is 320 g/mol. The van der Waals surface area contributed by atoms with Gasteiger partial charge in [-0.1, -0.05) is 30.7 Å². The van der Waals surface area contributed by atoms with Crippen LogP contribution in [0.4, 0.5) is 11.4 Å². The fourth-order valence-electron chi connectivity index (χ4n) is 1.90. The minimum atomic E-state index is -0.628. The third-order valence-electron chi connectivity index (χ3n) is 3.00. The second-order valence-corrected chi connectivity index (χ2v) is 5.13. The maximum Gasteiger partial charge on any atom is 0.288 e. The summed E-state index contributed by atoms with van der Waals surface area (Å²) in [6.07, 6.45) is 0.839. The quantitative estimate of drug-likeness (QED) is 0.631. The Bertz CT molecular complexity index is 734. The lowest BCUT2D eigenvalue weighted by atomic mass is 10.2. The number of rotatable bonds is 6. The van der Waals surface area contributed by atoms with Gasteiger partial charge in [-0.3, -0.25) is 14.9 Å². The van der Waals surface area contributed by atoms with E-state index < -0.39 is 10.8 Å². The Morgan fingerprint density at radius 3 is 2.74 bits per heavy atom. The van der Waals surface area contributed by atoms with Crippen molar-refractivity contribution in [1.82, 2.24) is 0 Å². The molecule has 120 valence electrons. The van der Waals surface area contributed by atoms with Crippen molar-refractivity contribution in [2.75, 3.05) is 11.9 Å². The highest BCUT2D eigenvalue weighted by Gasteiger charge is 2.17. The average molecular weight is 335 g/mol. The molecule has 0 atom stereocenters. The zero-order valence-corrected chi connectivity index (χ0v) is 13.2. The SMILES string of the molecule is CCCOc1ccccc1NC(=O)c1ccc(Cl)c([N+](=O)[O-])c1. The highest BCUT2D eigenvalue weighted by molar-refractivity contribution is 6.32. The number of para-hydroxylation sites is 2. The smallest absolute Gasteiger partial charge is 0.288 e. The first kappa shape index (κ1) is 16.8. The van der Waals surface area contributed by atoms with Gasteiger partial charge in [0.2, 0.25) is 0 Å². The van der Waals surface area contributed by atoms with Gasteiger partial charge in [0.25, 0.3) is 11.6 Å². The second kappa shape index (κ2) is 7.60. The number of anilines is 1. The van der Waals surface area contributed by atoms with Gasteiger partial charge in [0.05, 0.1) is 17.2 Å². The van der Waals surface area contributed by atoms with Crippen LogP contribution in [0.15, 0.2) is 42.5 Å². The summed E-state index contributed by atoms with van der Waals surface area (Å²) in [5.74, 6) is 0.0727. The van der Waals surface area contributed by atoms with Gasteiger partial charge in [0, 0.05) is 11.6 Å². The van der Waals surface area contributed by atoms with Gasteiger partial charge in [-0.05, 0) is 30.7 Å². The molecule has 2 rings (SSSR count). The summed E-state index contributed by atoms with van der Waals surface area (Å²) in [4.78, 5) is 22.6. The summed E-state index contributed by atoms with van der Waals surface area (Å²) in [5.41, 5.74) is 0.338. The van der Waals surface area contributed by atoms with E-state index in [0.717, 1.165) is 12.5 Å². The number of nitro benzene ring substituents is 1. The summed E-state index contributed by atoms with van der Waals surface area (Å²) in [7, 11) is 0. The molecule has 7 heteroatoms. The minimum Gasteiger partial charge on any atom is -0.491 e. The lowest BCUT2D eigenvalue weighted by Crippen LogP contribution is -2.13. The van der Waals surface area contributed by atoms with E-state index in [9.17, 15) is 14.9 Å². The standard InChI is InChI=1S/C16H15ClN2O4/c1-2-9-23-15-6-4-3-5-13(15)18-16(20)11-7-8-12(17)14(10-11)19(21)22/h3-8,10H,2,9H2,1H3,(H,18,20). The number of benzene rings is 2. The van der Waals surface area contributed by atoms with E-state index in [1.807, 2.05) is 6.92 Å². The number of amides is 1. The van der Waals surface area contributed by atoms with Crippen LogP contribution >= 0.6 is 11.6 Å². The van der Waals surface area contributed by atoms with E-state index in [1.165, 1.54) is 12.1 Å². The Morgan fingerprint density at radius 2 is 2.04 bits per heavy atom. The van der Waals surface area contributed by atoms with Crippen LogP contribution in [0.3, 0.4) is 0 Å². The van der Waals surface area contributed by atoms with E-state index in [0.29, 0.717) is 18.0 Å². The van der Waals surface area contributed by atoms with Crippen molar-refractivity contribution in [2.45, 2.75) is 13.3 Å². The topological polar surface area (TPSA) is 81.5 Å². The maximum atomic E-state index is 12.3. The molecule has 0 heterocycles. The van der Waals surface area contributed by atoms with E-state index >= 15 is 0 Å². The van der Waals surface area contributed by atoms with Gasteiger partial charge in [0.15, 0.2) is 0 Å². The second-order valence-electron chi connectivity index (χ2n) is 4.72. The molecular formula is C16H15ClN2O4. The first-order valence-corrected chi connectivity index (χ1v) is 7.38. The molecule has 1 N–H and O–H groups in total. The number of nitrogens with zero attached hydrogens (tertiary/aromatic N) is 1. The fraction of sp³-hybridized carbons (Fsp3) is 0.188. The van der Waals surface area contributed by atoms with Crippen molar-refractivity contribution in [3.63, 3.8) is 0 Å². The highest BCUT2D eigenvalue weighted by atomic mass is 35.5. The van der Waals surface area contributed by atoms with Gasteiger partial charge in [-0.15, -0.1) is 0 Å². The third-order valence-corrected chi connectivity index (χ3v) is 3.32. The van der Waals surface area contributed by atoms with Gasteiger partial charge in [-0.2, -0.15) is 0 Å². The summed E-state index contributed by atoms with van der Waals surface area (Å²) in [5, 5.41) is 13.6. The molecule has 0 fully saturated rings. The molecule has 2 aromatic rings. The molecule has 0 bridgehead atoms. The molecule has 2 aromatic carbocycles. The van der Waals surface area contributed by atoms with Gasteiger partial charge in [-0.25, -0.2) is 0 Å². The van der Waals surface area contributed by atoms with Crippen LogP contribution in [0.25, 0.3) is 0 Å². The van der Waals surface area contributed by atoms with Gasteiger partial charge in [0.1, 0.15) is 10.8 Å². The summed E-state index contributed by atoms with van der Waals surface area (Å²) in [6, 6.07) is 10.9. The summed E-state index contributed by atoms with van der Waals surface area (Å²) >= 11 is 5.75. The molecule has 0 aliphatic rings. The van der Waals surface area contributed by atoms with Crippen molar-refractivity contribution < 1.29 is 14.5 Å². The highest BCUT2D eigenvalue weighted by Crippen LogP contribution is 2.27. The first-order valence-electron chi connectivity index (χ1n) is 7.00. The number of carbonyl (C=O) groups is 1. The molecule has 0 saturated heterocycles. The number of nitrogens with one attached hydrogen (secondary N) is 1. The molecule has 0 aliphatic heterocycles. The molecule has 0 saturated carbocycles. The number of halogens is 1. The van der Waals surface area contributed by atoms with Crippen LogP contribution in [-0.4, -0.2) is 17.4 Å². The van der Waals surface area contributed by atoms with Gasteiger partial charge >= 0.3 is 0 Å². The third kappa shape index (κ3) is 4.20. The predicted molar refractivity (Wildman–Crippen MR) is 88.3 cm³/mol. The lowest BCUT2D eigenvalue weighted by molar-refractivity contribution is -0.384. The lowest BCUT2D eigenvalue weighted by Gasteiger charge is -2.12. The largest absolute Gasteiger partial charge is 0.491 e. The maximum absolute atomic E-state index is 12.3. The van der Waals surface area contributed by atoms with Crippen LogP contribution < -0.4 is 10.1 Å². The molecule has 0 radical (unpaired) electrons. The monoisotopic (exact) mass is 334 g/mol. The van der Waals surface area contributed by atoms with E-state index in [2.05, 4.69) is 5.32 Å². The minimum absolute atomic E-state index is 0.0155. The van der Waals surface area contributed by atoms with Crippen molar-refractivity contribution in [2.24, 2.45) is 0 Å². The zero-order chi connectivity index (χ0) is 16.8. The number of carbonyl (C=O) groups excluding carboxylic acids is 1. The summed E-state index contributed by atoms with van der Waals surface area (Å²) < 4.78 is 5.56. The number of hydrogen-bond acceptors (Lipinski definition) is 4. The van der Waals surface area contributed by atoms with Crippen LogP contribution in [-0.2, 0) is 0 Å². The van der Waals surface area contributed by atoms with Crippen LogP contribution in [0, 0.1) is 10.1 Å². The molecule has 0 aliphatic carbocycles. The normalized spacial score (nSPS) is 10.2. The Labute approximate surface area is 138 Å². The molecule has 23 heavy (non-hydrogen) atoms. The van der Waals surface area contributed by atoms with Crippen LogP contribution in [0.2, 0.25) is 5.02 Å². The van der Waals surface area contributed by atoms with Crippen LogP contribution in [0.5, 0.6) is 5.75 Å². The fourth-order valence-corrected chi connectivity index (χ4v) is 2.08. The molecule has 0 spiro atoms. The molecule has 0 unspecified atom stereocenters. The molecule has 0 aromatic heterocycles. The number of hydrogen-bond donors (Lipinski definition) is 1. The number of ether oxygens (including phenoxy) is 1. The van der Waals surface area contributed by atoms with Crippen LogP contribution in [0.1, 0.15) is 23.7 Å². The van der Waals surface area contributed by atoms with Gasteiger partial charge < -0.3 is 10.1 Å². The first-order chi connectivity index (χ1) is 11.0. The van der Waals surface area contributed by atoms with Crippen molar-refractivity contribution in [1.29, 1.82) is 0 Å². The van der Waals surface area contributed by atoms with Crippen molar-refractivity contribution >= 4 is 28.9 Å². The van der Waals surface area contributed by atoms with E-state index in [4.69, 9.17) is 16.3 Å².